The molecule has 0 aliphatic heterocycles. The molecule has 106 valence electrons. The molecule has 0 fully saturated rings. The second kappa shape index (κ2) is 6.95. The van der Waals surface area contributed by atoms with Gasteiger partial charge in [-0.15, -0.1) is 0 Å². The van der Waals surface area contributed by atoms with E-state index in [0.29, 0.717) is 0 Å². The van der Waals surface area contributed by atoms with E-state index >= 15 is 0 Å². The molecular weight excluding hydrogens is 314 g/mol. The standard InChI is InChI=1S/C16H20BrN3/c1-4-15-14(8-11(2)19-20-15)16(18-3)10-12-6-5-7-13(17)9-12/h5-9,16,18H,4,10H2,1-3H3. The molecule has 20 heavy (non-hydrogen) atoms. The summed E-state index contributed by atoms with van der Waals surface area (Å²) in [5.41, 5.74) is 4.59. The van der Waals surface area contributed by atoms with E-state index in [-0.39, 0.29) is 6.04 Å². The number of aromatic nitrogens is 2. The van der Waals surface area contributed by atoms with Crippen molar-refractivity contribution in [1.29, 1.82) is 0 Å². The number of halogens is 1. The van der Waals surface area contributed by atoms with E-state index in [2.05, 4.69) is 62.6 Å². The number of likely N-dealkylation sites (N-methyl/N-ethyl adjacent to an activating group) is 1. The third kappa shape index (κ3) is 3.64. The number of nitrogens with zero attached hydrogens (tertiary/aromatic N) is 2. The van der Waals surface area contributed by atoms with Crippen molar-refractivity contribution in [2.75, 3.05) is 7.05 Å². The Morgan fingerprint density at radius 3 is 2.70 bits per heavy atom. The summed E-state index contributed by atoms with van der Waals surface area (Å²) < 4.78 is 1.12. The molecule has 0 saturated heterocycles. The minimum Gasteiger partial charge on any atom is -0.313 e. The van der Waals surface area contributed by atoms with Gasteiger partial charge in [0.25, 0.3) is 0 Å². The van der Waals surface area contributed by atoms with E-state index in [1.165, 1.54) is 11.1 Å². The van der Waals surface area contributed by atoms with Gasteiger partial charge >= 0.3 is 0 Å². The van der Waals surface area contributed by atoms with Crippen LogP contribution in [0, 0.1) is 6.92 Å². The number of aryl methyl sites for hydroxylation is 2. The molecule has 0 radical (unpaired) electrons. The fourth-order valence-corrected chi connectivity index (χ4v) is 2.82. The summed E-state index contributed by atoms with van der Waals surface area (Å²) in [5.74, 6) is 0. The van der Waals surface area contributed by atoms with Crippen LogP contribution in [0.15, 0.2) is 34.8 Å². The Bertz CT molecular complexity index is 584. The zero-order valence-corrected chi connectivity index (χ0v) is 13.7. The van der Waals surface area contributed by atoms with Gasteiger partial charge in [-0.05, 0) is 56.1 Å². The molecule has 1 heterocycles. The van der Waals surface area contributed by atoms with Gasteiger partial charge in [-0.3, -0.25) is 0 Å². The van der Waals surface area contributed by atoms with Crippen LogP contribution in [0.25, 0.3) is 0 Å². The van der Waals surface area contributed by atoms with Crippen molar-refractivity contribution >= 4 is 15.9 Å². The SMILES string of the molecule is CCc1nnc(C)cc1C(Cc1cccc(Br)c1)NC. The first-order valence-electron chi connectivity index (χ1n) is 6.88. The summed E-state index contributed by atoms with van der Waals surface area (Å²) in [6, 6.07) is 10.8. The van der Waals surface area contributed by atoms with E-state index in [1.54, 1.807) is 0 Å². The van der Waals surface area contributed by atoms with Gasteiger partial charge in [0.2, 0.25) is 0 Å². The van der Waals surface area contributed by atoms with Crippen molar-refractivity contribution in [3.63, 3.8) is 0 Å². The highest BCUT2D eigenvalue weighted by atomic mass is 79.9. The molecule has 1 unspecified atom stereocenters. The Kier molecular flexibility index (Phi) is 5.26. The zero-order valence-electron chi connectivity index (χ0n) is 12.2. The van der Waals surface area contributed by atoms with Crippen LogP contribution in [0.3, 0.4) is 0 Å². The maximum atomic E-state index is 4.33. The fourth-order valence-electron chi connectivity index (χ4n) is 2.38. The molecule has 1 N–H and O–H groups in total. The molecule has 0 aliphatic rings. The van der Waals surface area contributed by atoms with Crippen LogP contribution in [-0.2, 0) is 12.8 Å². The van der Waals surface area contributed by atoms with E-state index < -0.39 is 0 Å². The molecular formula is C16H20BrN3. The smallest absolute Gasteiger partial charge is 0.0676 e. The van der Waals surface area contributed by atoms with Crippen molar-refractivity contribution < 1.29 is 0 Å². The second-order valence-corrected chi connectivity index (χ2v) is 5.83. The molecule has 1 atom stereocenters. The monoisotopic (exact) mass is 333 g/mol. The highest BCUT2D eigenvalue weighted by Crippen LogP contribution is 2.23. The minimum atomic E-state index is 0.258. The van der Waals surface area contributed by atoms with Gasteiger partial charge in [-0.25, -0.2) is 0 Å². The van der Waals surface area contributed by atoms with E-state index in [9.17, 15) is 0 Å². The predicted molar refractivity (Wildman–Crippen MR) is 85.8 cm³/mol. The molecule has 0 aliphatic carbocycles. The highest BCUT2D eigenvalue weighted by molar-refractivity contribution is 9.10. The summed E-state index contributed by atoms with van der Waals surface area (Å²) >= 11 is 3.53. The Hall–Kier alpha value is -1.26. The van der Waals surface area contributed by atoms with E-state index in [0.717, 1.165) is 28.7 Å². The van der Waals surface area contributed by atoms with Crippen molar-refractivity contribution in [3.05, 3.63) is 57.3 Å². The molecule has 2 rings (SSSR count). The normalized spacial score (nSPS) is 12.4. The van der Waals surface area contributed by atoms with Gasteiger partial charge < -0.3 is 5.32 Å². The van der Waals surface area contributed by atoms with Crippen LogP contribution in [-0.4, -0.2) is 17.2 Å². The summed E-state index contributed by atoms with van der Waals surface area (Å²) in [7, 11) is 2.00. The third-order valence-corrected chi connectivity index (χ3v) is 3.91. The largest absolute Gasteiger partial charge is 0.313 e. The lowest BCUT2D eigenvalue weighted by Crippen LogP contribution is -2.21. The molecule has 0 amide bonds. The van der Waals surface area contributed by atoms with Gasteiger partial charge in [0.1, 0.15) is 0 Å². The van der Waals surface area contributed by atoms with Crippen LogP contribution >= 0.6 is 15.9 Å². The molecule has 1 aromatic carbocycles. The Morgan fingerprint density at radius 2 is 2.05 bits per heavy atom. The predicted octanol–water partition coefficient (Wildman–Crippen LogP) is 3.61. The average Bonchev–Trinajstić information content (AvgIpc) is 2.45. The Labute approximate surface area is 129 Å². The van der Waals surface area contributed by atoms with Crippen molar-refractivity contribution in [2.24, 2.45) is 0 Å². The first-order valence-corrected chi connectivity index (χ1v) is 7.68. The molecule has 0 saturated carbocycles. The molecule has 4 heteroatoms. The summed E-state index contributed by atoms with van der Waals surface area (Å²) in [6.45, 7) is 4.11. The topological polar surface area (TPSA) is 37.8 Å². The second-order valence-electron chi connectivity index (χ2n) is 4.92. The van der Waals surface area contributed by atoms with Gasteiger partial charge in [0.15, 0.2) is 0 Å². The number of nitrogens with one attached hydrogen (secondary N) is 1. The van der Waals surface area contributed by atoms with Crippen LogP contribution in [0.2, 0.25) is 0 Å². The van der Waals surface area contributed by atoms with E-state index in [1.807, 2.05) is 20.0 Å². The molecule has 3 nitrogen and oxygen atoms in total. The molecule has 0 bridgehead atoms. The maximum absolute atomic E-state index is 4.33. The average molecular weight is 334 g/mol. The number of hydrogen-bond acceptors (Lipinski definition) is 3. The van der Waals surface area contributed by atoms with Crippen molar-refractivity contribution in [3.8, 4) is 0 Å². The first kappa shape index (κ1) is 15.1. The van der Waals surface area contributed by atoms with Crippen LogP contribution in [0.5, 0.6) is 0 Å². The Balaban J connectivity index is 2.30. The van der Waals surface area contributed by atoms with E-state index in [4.69, 9.17) is 0 Å². The number of hydrogen-bond donors (Lipinski definition) is 1. The molecule has 2 aromatic rings. The third-order valence-electron chi connectivity index (χ3n) is 3.41. The van der Waals surface area contributed by atoms with Crippen LogP contribution in [0.1, 0.15) is 35.5 Å². The minimum absolute atomic E-state index is 0.258. The molecule has 1 aromatic heterocycles. The van der Waals surface area contributed by atoms with Crippen molar-refractivity contribution in [1.82, 2.24) is 15.5 Å². The summed E-state index contributed by atoms with van der Waals surface area (Å²) in [5, 5.41) is 11.9. The fraction of sp³-hybridized carbons (Fsp3) is 0.375. The van der Waals surface area contributed by atoms with Crippen molar-refractivity contribution in [2.45, 2.75) is 32.7 Å². The van der Waals surface area contributed by atoms with Crippen LogP contribution < -0.4 is 5.32 Å². The quantitative estimate of drug-likeness (QED) is 0.908. The van der Waals surface area contributed by atoms with Gasteiger partial charge in [0, 0.05) is 10.5 Å². The Morgan fingerprint density at radius 1 is 1.25 bits per heavy atom. The van der Waals surface area contributed by atoms with Gasteiger partial charge in [0.05, 0.1) is 11.4 Å². The maximum Gasteiger partial charge on any atom is 0.0676 e. The highest BCUT2D eigenvalue weighted by Gasteiger charge is 2.15. The lowest BCUT2D eigenvalue weighted by atomic mass is 9.97. The number of benzene rings is 1. The summed E-state index contributed by atoms with van der Waals surface area (Å²) in [6.07, 6.45) is 1.84. The zero-order chi connectivity index (χ0) is 14.5. The molecule has 0 spiro atoms. The lowest BCUT2D eigenvalue weighted by molar-refractivity contribution is 0.578. The summed E-state index contributed by atoms with van der Waals surface area (Å²) in [4.78, 5) is 0. The lowest BCUT2D eigenvalue weighted by Gasteiger charge is -2.19. The van der Waals surface area contributed by atoms with Crippen LogP contribution in [0.4, 0.5) is 0 Å². The number of rotatable bonds is 5. The van der Waals surface area contributed by atoms with Gasteiger partial charge in [-0.1, -0.05) is 35.0 Å². The van der Waals surface area contributed by atoms with Gasteiger partial charge in [-0.2, -0.15) is 10.2 Å². The first-order chi connectivity index (χ1) is 9.63.